The molecule has 0 saturated heterocycles. The number of pyridine rings is 1. The largest absolute Gasteiger partial charge is 0.328 e. The fraction of sp³-hybridized carbons (Fsp3) is 0.741. The lowest BCUT2D eigenvalue weighted by atomic mass is 9.49. The average Bonchev–Trinajstić information content (AvgIpc) is 2.71. The molecule has 8 bridgehead atoms. The van der Waals surface area contributed by atoms with Gasteiger partial charge < -0.3 is 15.6 Å². The van der Waals surface area contributed by atoms with Gasteiger partial charge in [-0.05, 0) is 125 Å². The van der Waals surface area contributed by atoms with E-state index in [0.29, 0.717) is 16.1 Å². The van der Waals surface area contributed by atoms with Gasteiger partial charge in [0.2, 0.25) is 11.8 Å². The molecule has 5 nitrogen and oxygen atoms in total. The van der Waals surface area contributed by atoms with E-state index >= 15 is 0 Å². The van der Waals surface area contributed by atoms with Gasteiger partial charge in [-0.2, -0.15) is 0 Å². The van der Waals surface area contributed by atoms with Gasteiger partial charge in [-0.1, -0.05) is 12.2 Å². The Morgan fingerprint density at radius 3 is 1.27 bits per heavy atom. The van der Waals surface area contributed by atoms with E-state index in [2.05, 4.69) is 15.6 Å². The Morgan fingerprint density at radius 2 is 0.970 bits per heavy atom. The Balaban J connectivity index is 1.09. The van der Waals surface area contributed by atoms with Crippen molar-refractivity contribution in [3.05, 3.63) is 16.6 Å². The second kappa shape index (κ2) is 7.16. The van der Waals surface area contributed by atoms with Crippen molar-refractivity contribution in [2.75, 3.05) is 10.6 Å². The van der Waals surface area contributed by atoms with Crippen LogP contribution >= 0.6 is 12.2 Å². The molecule has 8 fully saturated rings. The Bertz CT molecular complexity index is 926. The summed E-state index contributed by atoms with van der Waals surface area (Å²) in [6.07, 6.45) is 14.1. The smallest absolute Gasteiger partial charge is 0.231 e. The number of anilines is 2. The molecule has 0 atom stereocenters. The summed E-state index contributed by atoms with van der Waals surface area (Å²) < 4.78 is 0.635. The summed E-state index contributed by atoms with van der Waals surface area (Å²) in [5, 5.41) is 6.35. The molecule has 0 spiro atoms. The van der Waals surface area contributed by atoms with E-state index in [1.165, 1.54) is 38.5 Å². The molecule has 0 unspecified atom stereocenters. The van der Waals surface area contributed by atoms with Crippen LogP contribution in [0.25, 0.3) is 0 Å². The highest BCUT2D eigenvalue weighted by Crippen LogP contribution is 2.61. The number of amides is 2. The number of nitrogens with one attached hydrogen (secondary N) is 3. The number of hydrogen-bond donors (Lipinski definition) is 3. The SMILES string of the molecule is O=C(Nc1cc(=S)cc(NC(=O)C23CC4CC(CC(C4)C2)C3)[nH]1)C12CC3CC(CC(C3)C1)C2. The molecule has 8 aliphatic carbocycles. The molecule has 9 rings (SSSR count). The van der Waals surface area contributed by atoms with Crippen molar-refractivity contribution in [3.63, 3.8) is 0 Å². The third-order valence-electron chi connectivity index (χ3n) is 10.4. The molecule has 3 N–H and O–H groups in total. The van der Waals surface area contributed by atoms with Crippen molar-refractivity contribution in [2.45, 2.75) is 77.0 Å². The zero-order valence-electron chi connectivity index (χ0n) is 19.3. The van der Waals surface area contributed by atoms with Crippen LogP contribution in [0, 0.1) is 50.8 Å². The first-order valence-electron chi connectivity index (χ1n) is 13.2. The molecule has 176 valence electrons. The molecular formula is C27H35N3O2S. The fourth-order valence-electron chi connectivity index (χ4n) is 9.97. The molecule has 0 aliphatic heterocycles. The van der Waals surface area contributed by atoms with E-state index < -0.39 is 0 Å². The van der Waals surface area contributed by atoms with Crippen LogP contribution in [0.15, 0.2) is 12.1 Å². The van der Waals surface area contributed by atoms with Crippen LogP contribution in [0.4, 0.5) is 11.6 Å². The summed E-state index contributed by atoms with van der Waals surface area (Å²) in [5.74, 6) is 5.90. The Hall–Kier alpha value is -1.69. The molecule has 1 heterocycles. The predicted molar refractivity (Wildman–Crippen MR) is 130 cm³/mol. The minimum absolute atomic E-state index is 0.150. The normalized spacial score (nSPS) is 44.1. The van der Waals surface area contributed by atoms with Crippen LogP contribution in [0.2, 0.25) is 0 Å². The highest BCUT2D eigenvalue weighted by Gasteiger charge is 2.55. The van der Waals surface area contributed by atoms with Crippen molar-refractivity contribution in [3.8, 4) is 0 Å². The van der Waals surface area contributed by atoms with Gasteiger partial charge in [-0.15, -0.1) is 0 Å². The maximum absolute atomic E-state index is 13.5. The number of aromatic amines is 1. The van der Waals surface area contributed by atoms with Crippen molar-refractivity contribution < 1.29 is 9.59 Å². The molecule has 2 amide bonds. The first kappa shape index (κ1) is 20.7. The van der Waals surface area contributed by atoms with Crippen LogP contribution < -0.4 is 10.6 Å². The molecule has 6 heteroatoms. The predicted octanol–water partition coefficient (Wildman–Crippen LogP) is 6.05. The fourth-order valence-corrected chi connectivity index (χ4v) is 10.2. The summed E-state index contributed by atoms with van der Waals surface area (Å²) in [7, 11) is 0. The number of hydrogen-bond acceptors (Lipinski definition) is 3. The highest BCUT2D eigenvalue weighted by atomic mass is 32.1. The number of H-pyrrole nitrogens is 1. The maximum Gasteiger partial charge on any atom is 0.231 e. The van der Waals surface area contributed by atoms with Gasteiger partial charge in [-0.25, -0.2) is 0 Å². The number of carbonyl (C=O) groups excluding carboxylic acids is 2. The van der Waals surface area contributed by atoms with E-state index in [0.717, 1.165) is 74.0 Å². The lowest BCUT2D eigenvalue weighted by Gasteiger charge is -2.55. The monoisotopic (exact) mass is 465 g/mol. The van der Waals surface area contributed by atoms with Gasteiger partial charge in [0.15, 0.2) is 0 Å². The zero-order chi connectivity index (χ0) is 22.4. The topological polar surface area (TPSA) is 74.0 Å². The Kier molecular flexibility index (Phi) is 4.48. The van der Waals surface area contributed by atoms with Gasteiger partial charge >= 0.3 is 0 Å². The van der Waals surface area contributed by atoms with Crippen molar-refractivity contribution in [1.82, 2.24) is 4.98 Å². The van der Waals surface area contributed by atoms with E-state index in [1.54, 1.807) is 0 Å². The molecular weight excluding hydrogens is 430 g/mol. The van der Waals surface area contributed by atoms with Gasteiger partial charge in [0.1, 0.15) is 11.6 Å². The molecule has 33 heavy (non-hydrogen) atoms. The lowest BCUT2D eigenvalue weighted by Crippen LogP contribution is -2.52. The van der Waals surface area contributed by atoms with Crippen molar-refractivity contribution in [1.29, 1.82) is 0 Å². The van der Waals surface area contributed by atoms with Gasteiger partial charge in [0.25, 0.3) is 0 Å². The van der Waals surface area contributed by atoms with Crippen molar-refractivity contribution >= 4 is 35.7 Å². The number of rotatable bonds is 4. The van der Waals surface area contributed by atoms with Gasteiger partial charge in [-0.3, -0.25) is 9.59 Å². The van der Waals surface area contributed by atoms with E-state index in [4.69, 9.17) is 12.2 Å². The average molecular weight is 466 g/mol. The standard InChI is InChI=1S/C27H35N3O2S/c31-24(26-9-15-1-16(10-26)3-17(2-15)11-26)29-22-7-21(33)8-23(28-22)30-25(32)27-12-18-4-19(13-27)6-20(5-18)14-27/h7-8,15-20H,1-6,9-14H2,(H3,28,29,30,31,32,33). The molecule has 8 aliphatic rings. The van der Waals surface area contributed by atoms with Gasteiger partial charge in [0, 0.05) is 4.51 Å². The summed E-state index contributed by atoms with van der Waals surface area (Å²) in [4.78, 5) is 30.3. The Morgan fingerprint density at radius 1 is 0.667 bits per heavy atom. The summed E-state index contributed by atoms with van der Waals surface area (Å²) >= 11 is 5.51. The van der Waals surface area contributed by atoms with Crippen LogP contribution in [-0.2, 0) is 9.59 Å². The van der Waals surface area contributed by atoms with Crippen LogP contribution in [0.1, 0.15) is 77.0 Å². The summed E-state index contributed by atoms with van der Waals surface area (Å²) in [5.41, 5.74) is -0.411. The van der Waals surface area contributed by atoms with Gasteiger partial charge in [0.05, 0.1) is 10.8 Å². The second-order valence-electron chi connectivity index (χ2n) is 12.9. The van der Waals surface area contributed by atoms with Crippen LogP contribution in [-0.4, -0.2) is 16.8 Å². The maximum atomic E-state index is 13.5. The zero-order valence-corrected chi connectivity index (χ0v) is 20.1. The first-order valence-corrected chi connectivity index (χ1v) is 13.6. The molecule has 1 aromatic rings. The molecule has 1 aromatic heterocycles. The lowest BCUT2D eigenvalue weighted by molar-refractivity contribution is -0.140. The third kappa shape index (κ3) is 3.42. The molecule has 0 aromatic carbocycles. The molecule has 0 radical (unpaired) electrons. The number of aromatic nitrogens is 1. The highest BCUT2D eigenvalue weighted by molar-refractivity contribution is 7.71. The Labute approximate surface area is 200 Å². The van der Waals surface area contributed by atoms with E-state index in [1.807, 2.05) is 12.1 Å². The summed E-state index contributed by atoms with van der Waals surface area (Å²) in [6.45, 7) is 0. The van der Waals surface area contributed by atoms with Crippen LogP contribution in [0.5, 0.6) is 0 Å². The molecule has 8 saturated carbocycles. The van der Waals surface area contributed by atoms with E-state index in [9.17, 15) is 9.59 Å². The minimum atomic E-state index is -0.206. The quantitative estimate of drug-likeness (QED) is 0.474. The third-order valence-corrected chi connectivity index (χ3v) is 10.6. The first-order chi connectivity index (χ1) is 15.9. The van der Waals surface area contributed by atoms with Crippen LogP contribution in [0.3, 0.4) is 0 Å². The second-order valence-corrected chi connectivity index (χ2v) is 13.4. The number of carbonyl (C=O) groups is 2. The van der Waals surface area contributed by atoms with Crippen molar-refractivity contribution in [2.24, 2.45) is 46.3 Å². The van der Waals surface area contributed by atoms with E-state index in [-0.39, 0.29) is 22.6 Å². The summed E-state index contributed by atoms with van der Waals surface area (Å²) in [6, 6.07) is 3.63. The minimum Gasteiger partial charge on any atom is -0.328 e.